The maximum atomic E-state index is 11.8. The minimum atomic E-state index is -0.325. The molecular weight excluding hydrogens is 480 g/mol. The highest BCUT2D eigenvalue weighted by atomic mass is 16.5. The first-order valence-electron chi connectivity index (χ1n) is 13.0. The summed E-state index contributed by atoms with van der Waals surface area (Å²) in [6.07, 6.45) is 10.1. The number of carbonyl (C=O) groups excluding carboxylic acids is 3. The summed E-state index contributed by atoms with van der Waals surface area (Å²) in [5.41, 5.74) is 6.51. The molecule has 0 saturated carbocycles. The van der Waals surface area contributed by atoms with E-state index >= 15 is 0 Å². The first kappa shape index (κ1) is 27.0. The smallest absolute Gasteiger partial charge is 0.373 e. The van der Waals surface area contributed by atoms with Crippen LogP contribution in [0.2, 0.25) is 0 Å². The van der Waals surface area contributed by atoms with E-state index in [-0.39, 0.29) is 23.5 Å². The van der Waals surface area contributed by atoms with Crippen LogP contribution >= 0.6 is 0 Å². The molecule has 3 heterocycles. The third-order valence-electron chi connectivity index (χ3n) is 7.96. The molecule has 2 aliphatic heterocycles. The van der Waals surface area contributed by atoms with Crippen LogP contribution in [0.1, 0.15) is 55.8 Å². The van der Waals surface area contributed by atoms with Crippen LogP contribution in [-0.4, -0.2) is 46.9 Å². The van der Waals surface area contributed by atoms with Crippen molar-refractivity contribution in [3.8, 4) is 5.75 Å². The number of hydrogen-bond donors (Lipinski definition) is 1. The minimum absolute atomic E-state index is 0.0325. The van der Waals surface area contributed by atoms with Gasteiger partial charge < -0.3 is 19.3 Å². The van der Waals surface area contributed by atoms with E-state index in [0.29, 0.717) is 5.75 Å². The molecule has 2 bridgehead atoms. The number of esters is 1. The number of fused-ring (bicyclic) bond motifs is 4. The lowest BCUT2D eigenvalue weighted by Gasteiger charge is -2.44. The predicted octanol–water partition coefficient (Wildman–Crippen LogP) is 5.49. The highest BCUT2D eigenvalue weighted by Gasteiger charge is 2.44. The zero-order chi connectivity index (χ0) is 27.3. The Labute approximate surface area is 223 Å². The fourth-order valence-electron chi connectivity index (χ4n) is 6.33. The molecule has 0 spiro atoms. The summed E-state index contributed by atoms with van der Waals surface area (Å²) in [6, 6.07) is 16.5. The van der Waals surface area contributed by atoms with Gasteiger partial charge in [-0.25, -0.2) is 4.79 Å². The fraction of sp³-hybridized carbons (Fsp3) is 0.355. The average molecular weight is 515 g/mol. The Morgan fingerprint density at radius 1 is 1.16 bits per heavy atom. The summed E-state index contributed by atoms with van der Waals surface area (Å²) in [7, 11) is 1.41. The number of hydrogen-bond acceptors (Lipinski definition) is 6. The first-order chi connectivity index (χ1) is 18.4. The molecule has 0 saturated heterocycles. The SMILES string of the molecule is CCC12C=C(C)n3c(c(c4ccccc43)CCN(/C=C/C(=O)OC)CCC1)C2c1ccc(O)cc1.O=C=O. The Morgan fingerprint density at radius 2 is 1.87 bits per heavy atom. The van der Waals surface area contributed by atoms with Crippen molar-refractivity contribution in [2.75, 3.05) is 20.2 Å². The topological polar surface area (TPSA) is 88.8 Å². The molecule has 2 atom stereocenters. The summed E-state index contributed by atoms with van der Waals surface area (Å²) in [5, 5.41) is 11.3. The van der Waals surface area contributed by atoms with E-state index < -0.39 is 0 Å². The molecule has 0 amide bonds. The molecular formula is C31H34N2O5. The number of para-hydroxylation sites is 1. The predicted molar refractivity (Wildman–Crippen MR) is 145 cm³/mol. The van der Waals surface area contributed by atoms with Gasteiger partial charge >= 0.3 is 12.1 Å². The average Bonchev–Trinajstić information content (AvgIpc) is 3.25. The van der Waals surface area contributed by atoms with Gasteiger partial charge in [-0.3, -0.25) is 0 Å². The second-order valence-electron chi connectivity index (χ2n) is 9.93. The van der Waals surface area contributed by atoms with Crippen LogP contribution in [0, 0.1) is 5.41 Å². The molecule has 1 N–H and O–H groups in total. The summed E-state index contributed by atoms with van der Waals surface area (Å²) in [4.78, 5) is 30.3. The van der Waals surface area contributed by atoms with E-state index in [9.17, 15) is 9.90 Å². The first-order valence-corrected chi connectivity index (χ1v) is 13.0. The van der Waals surface area contributed by atoms with E-state index in [0.717, 1.165) is 38.8 Å². The number of aromatic hydroxyl groups is 1. The number of ether oxygens (including phenoxy) is 1. The third kappa shape index (κ3) is 5.02. The van der Waals surface area contributed by atoms with Crippen molar-refractivity contribution in [1.29, 1.82) is 0 Å². The summed E-state index contributed by atoms with van der Waals surface area (Å²) >= 11 is 0. The summed E-state index contributed by atoms with van der Waals surface area (Å²) in [5.74, 6) is 0.180. The molecule has 7 heteroatoms. The lowest BCUT2D eigenvalue weighted by Crippen LogP contribution is -2.36. The van der Waals surface area contributed by atoms with Crippen molar-refractivity contribution in [3.05, 3.63) is 83.7 Å². The Bertz CT molecular complexity index is 1400. The van der Waals surface area contributed by atoms with E-state index in [1.54, 1.807) is 0 Å². The Balaban J connectivity index is 0.00000107. The number of aromatic nitrogens is 1. The van der Waals surface area contributed by atoms with Gasteiger partial charge in [0.15, 0.2) is 0 Å². The molecule has 2 aliphatic rings. The molecule has 2 aromatic carbocycles. The number of allylic oxidation sites excluding steroid dienone is 2. The number of nitrogens with zero attached hydrogens (tertiary/aromatic N) is 2. The van der Waals surface area contributed by atoms with Crippen molar-refractivity contribution in [1.82, 2.24) is 9.47 Å². The Morgan fingerprint density at radius 3 is 2.55 bits per heavy atom. The van der Waals surface area contributed by atoms with Gasteiger partial charge in [0.1, 0.15) is 5.75 Å². The zero-order valence-corrected chi connectivity index (χ0v) is 22.1. The van der Waals surface area contributed by atoms with Gasteiger partial charge in [-0.05, 0) is 61.9 Å². The van der Waals surface area contributed by atoms with Gasteiger partial charge in [-0.1, -0.05) is 43.3 Å². The highest BCUT2D eigenvalue weighted by molar-refractivity contribution is 5.90. The molecule has 0 radical (unpaired) electrons. The molecule has 1 aromatic heterocycles. The van der Waals surface area contributed by atoms with Crippen LogP contribution in [-0.2, 0) is 25.5 Å². The van der Waals surface area contributed by atoms with Crippen molar-refractivity contribution in [2.45, 2.75) is 45.4 Å². The van der Waals surface area contributed by atoms with Crippen molar-refractivity contribution < 1.29 is 24.2 Å². The summed E-state index contributed by atoms with van der Waals surface area (Å²) < 4.78 is 7.29. The van der Waals surface area contributed by atoms with Gasteiger partial charge in [0, 0.05) is 53.5 Å². The second-order valence-corrected chi connectivity index (χ2v) is 9.93. The van der Waals surface area contributed by atoms with Crippen LogP contribution < -0.4 is 0 Å². The minimum Gasteiger partial charge on any atom is -0.508 e. The van der Waals surface area contributed by atoms with Crippen molar-refractivity contribution in [3.63, 3.8) is 0 Å². The van der Waals surface area contributed by atoms with Gasteiger partial charge in [0.25, 0.3) is 0 Å². The lowest BCUT2D eigenvalue weighted by molar-refractivity contribution is -0.191. The van der Waals surface area contributed by atoms with E-state index in [2.05, 4.69) is 65.8 Å². The van der Waals surface area contributed by atoms with Gasteiger partial charge in [0.2, 0.25) is 0 Å². The standard InChI is InChI=1S/C30H34N2O3.CO2/c1-4-30-16-7-17-31(19-15-27(34)35-3)18-14-25-24-8-5-6-9-26(24)32(21(2)20-30)29(25)28(30)22-10-12-23(33)13-11-22;2-1-3/h5-6,8-13,15,19-20,28,33H,4,7,14,16-18H2,1-3H3;/b19-15+;. The molecule has 2 unspecified atom stereocenters. The van der Waals surface area contributed by atoms with Crippen LogP contribution in [0.3, 0.4) is 0 Å². The van der Waals surface area contributed by atoms with Gasteiger partial charge in [-0.2, -0.15) is 9.59 Å². The molecule has 3 aromatic rings. The number of rotatable bonds is 4. The largest absolute Gasteiger partial charge is 0.508 e. The normalized spacial score (nSPS) is 20.8. The number of carbonyl (C=O) groups is 1. The number of phenols is 1. The molecule has 0 aliphatic carbocycles. The Kier molecular flexibility index (Phi) is 8.18. The monoisotopic (exact) mass is 514 g/mol. The van der Waals surface area contributed by atoms with E-state index in [1.165, 1.54) is 46.6 Å². The maximum Gasteiger partial charge on any atom is 0.373 e. The van der Waals surface area contributed by atoms with Crippen molar-refractivity contribution in [2.24, 2.45) is 5.41 Å². The zero-order valence-electron chi connectivity index (χ0n) is 22.1. The number of methoxy groups -OCH3 is 1. The molecule has 0 fully saturated rings. The molecule has 7 nitrogen and oxygen atoms in total. The lowest BCUT2D eigenvalue weighted by atomic mass is 9.63. The second kappa shape index (κ2) is 11.5. The maximum absolute atomic E-state index is 11.8. The van der Waals surface area contributed by atoms with E-state index in [1.807, 2.05) is 18.3 Å². The molecule has 5 rings (SSSR count). The molecule has 198 valence electrons. The number of phenolic OH excluding ortho intramolecular Hbond substituents is 1. The highest BCUT2D eigenvalue weighted by Crippen LogP contribution is 2.55. The van der Waals surface area contributed by atoms with E-state index in [4.69, 9.17) is 14.3 Å². The summed E-state index contributed by atoms with van der Waals surface area (Å²) in [6.45, 7) is 6.27. The van der Waals surface area contributed by atoms with Gasteiger partial charge in [-0.15, -0.1) is 0 Å². The van der Waals surface area contributed by atoms with Crippen LogP contribution in [0.15, 0.2) is 66.9 Å². The quantitative estimate of drug-likeness (QED) is 0.366. The third-order valence-corrected chi connectivity index (χ3v) is 7.96. The van der Waals surface area contributed by atoms with Crippen LogP contribution in [0.25, 0.3) is 16.6 Å². The Hall–Kier alpha value is -4.09. The van der Waals surface area contributed by atoms with Crippen molar-refractivity contribution >= 4 is 28.7 Å². The molecule has 38 heavy (non-hydrogen) atoms. The fourth-order valence-corrected chi connectivity index (χ4v) is 6.33. The van der Waals surface area contributed by atoms with Gasteiger partial charge in [0.05, 0.1) is 12.6 Å². The number of benzene rings is 2. The van der Waals surface area contributed by atoms with Crippen LogP contribution in [0.4, 0.5) is 0 Å². The van der Waals surface area contributed by atoms with Crippen LogP contribution in [0.5, 0.6) is 5.75 Å².